The Kier molecular flexibility index (Phi) is 6.86. The van der Waals surface area contributed by atoms with Crippen molar-refractivity contribution in [2.24, 2.45) is 0 Å². The molecule has 0 atom stereocenters. The Morgan fingerprint density at radius 2 is 1.76 bits per heavy atom. The second-order valence-electron chi connectivity index (χ2n) is 5.92. The Hall–Kier alpha value is -1.58. The highest BCUT2D eigenvalue weighted by Gasteiger charge is 2.22. The molecule has 1 aromatic rings. The summed E-state index contributed by atoms with van der Waals surface area (Å²) >= 11 is 0. The first-order valence-corrected chi connectivity index (χ1v) is 9.61. The van der Waals surface area contributed by atoms with Crippen molar-refractivity contribution in [3.05, 3.63) is 29.8 Å². The van der Waals surface area contributed by atoms with Crippen LogP contribution < -0.4 is 4.72 Å². The summed E-state index contributed by atoms with van der Waals surface area (Å²) in [5.41, 5.74) is 0.875. The SMILES string of the molecule is CNS(=O)(=O)c1ccc(CCC(=O)N2CCN(CC(F)F)CC2)cc1. The summed E-state index contributed by atoms with van der Waals surface area (Å²) in [4.78, 5) is 15.8. The summed E-state index contributed by atoms with van der Waals surface area (Å²) in [5, 5.41) is 0. The van der Waals surface area contributed by atoms with Crippen LogP contribution in [0.3, 0.4) is 0 Å². The number of sulfonamides is 1. The maximum absolute atomic E-state index is 12.3. The van der Waals surface area contributed by atoms with Gasteiger partial charge >= 0.3 is 0 Å². The lowest BCUT2D eigenvalue weighted by molar-refractivity contribution is -0.133. The Bertz CT molecular complexity index is 672. The van der Waals surface area contributed by atoms with Crippen LogP contribution in [0.15, 0.2) is 29.2 Å². The molecule has 140 valence electrons. The third-order valence-corrected chi connectivity index (χ3v) is 5.68. The number of nitrogens with one attached hydrogen (secondary N) is 1. The number of amides is 1. The number of nitrogens with zero attached hydrogens (tertiary/aromatic N) is 2. The molecule has 1 aliphatic rings. The molecule has 1 heterocycles. The van der Waals surface area contributed by atoms with E-state index >= 15 is 0 Å². The van der Waals surface area contributed by atoms with E-state index in [1.54, 1.807) is 21.9 Å². The van der Waals surface area contributed by atoms with Gasteiger partial charge in [0.05, 0.1) is 11.4 Å². The Morgan fingerprint density at radius 3 is 2.28 bits per heavy atom. The van der Waals surface area contributed by atoms with Crippen LogP contribution in [-0.2, 0) is 21.2 Å². The molecule has 6 nitrogen and oxygen atoms in total. The minimum Gasteiger partial charge on any atom is -0.340 e. The number of hydrogen-bond acceptors (Lipinski definition) is 4. The number of hydrogen-bond donors (Lipinski definition) is 1. The summed E-state index contributed by atoms with van der Waals surface area (Å²) in [6.45, 7) is 1.61. The van der Waals surface area contributed by atoms with Gasteiger partial charge in [-0.15, -0.1) is 0 Å². The highest BCUT2D eigenvalue weighted by molar-refractivity contribution is 7.89. The quantitative estimate of drug-likeness (QED) is 0.770. The van der Waals surface area contributed by atoms with Crippen LogP contribution in [0.1, 0.15) is 12.0 Å². The molecule has 0 radical (unpaired) electrons. The van der Waals surface area contributed by atoms with Gasteiger partial charge in [-0.3, -0.25) is 9.69 Å². The van der Waals surface area contributed by atoms with E-state index in [9.17, 15) is 22.0 Å². The average molecular weight is 375 g/mol. The number of benzene rings is 1. The minimum atomic E-state index is -3.46. The van der Waals surface area contributed by atoms with Crippen molar-refractivity contribution in [3.8, 4) is 0 Å². The molecule has 1 aliphatic heterocycles. The highest BCUT2D eigenvalue weighted by Crippen LogP contribution is 2.13. The number of rotatable bonds is 7. The fourth-order valence-electron chi connectivity index (χ4n) is 2.74. The van der Waals surface area contributed by atoms with E-state index in [0.29, 0.717) is 39.0 Å². The summed E-state index contributed by atoms with van der Waals surface area (Å²) in [7, 11) is -2.11. The van der Waals surface area contributed by atoms with Crippen molar-refractivity contribution in [2.45, 2.75) is 24.2 Å². The monoisotopic (exact) mass is 375 g/mol. The molecule has 0 unspecified atom stereocenters. The normalized spacial score (nSPS) is 16.4. The molecule has 1 N–H and O–H groups in total. The largest absolute Gasteiger partial charge is 0.340 e. The molecular weight excluding hydrogens is 352 g/mol. The standard InChI is InChI=1S/C16H23F2N3O3S/c1-19-25(23,24)14-5-2-13(3-6-14)4-7-16(22)21-10-8-20(9-11-21)12-15(17)18/h2-3,5-6,15,19H,4,7-12H2,1H3. The van der Waals surface area contributed by atoms with Crippen molar-refractivity contribution >= 4 is 15.9 Å². The van der Waals surface area contributed by atoms with Crippen LogP contribution in [0.4, 0.5) is 8.78 Å². The summed E-state index contributed by atoms with van der Waals surface area (Å²) in [5.74, 6) is -0.0105. The van der Waals surface area contributed by atoms with Crippen molar-refractivity contribution in [2.75, 3.05) is 39.8 Å². The molecule has 1 amide bonds. The summed E-state index contributed by atoms with van der Waals surface area (Å²) in [6, 6.07) is 6.40. The number of piperazine rings is 1. The first kappa shape index (κ1) is 19.7. The lowest BCUT2D eigenvalue weighted by Gasteiger charge is -2.34. The van der Waals surface area contributed by atoms with Crippen LogP contribution >= 0.6 is 0 Å². The Morgan fingerprint density at radius 1 is 1.16 bits per heavy atom. The summed E-state index contributed by atoms with van der Waals surface area (Å²) < 4.78 is 50.2. The molecule has 0 bridgehead atoms. The van der Waals surface area contributed by atoms with E-state index in [1.165, 1.54) is 19.2 Å². The molecule has 1 saturated heterocycles. The van der Waals surface area contributed by atoms with Gasteiger partial charge in [0.2, 0.25) is 15.9 Å². The fraction of sp³-hybridized carbons (Fsp3) is 0.562. The van der Waals surface area contributed by atoms with Crippen LogP contribution in [0.25, 0.3) is 0 Å². The average Bonchev–Trinajstić information content (AvgIpc) is 2.60. The zero-order valence-corrected chi connectivity index (χ0v) is 14.9. The summed E-state index contributed by atoms with van der Waals surface area (Å²) in [6.07, 6.45) is -1.53. The fourth-order valence-corrected chi connectivity index (χ4v) is 3.47. The van der Waals surface area contributed by atoms with Crippen LogP contribution in [0.2, 0.25) is 0 Å². The van der Waals surface area contributed by atoms with Gasteiger partial charge in [-0.05, 0) is 31.2 Å². The first-order valence-electron chi connectivity index (χ1n) is 8.12. The van der Waals surface area contributed by atoms with E-state index in [-0.39, 0.29) is 17.3 Å². The van der Waals surface area contributed by atoms with Crippen LogP contribution in [0, 0.1) is 0 Å². The zero-order valence-electron chi connectivity index (χ0n) is 14.1. The van der Waals surface area contributed by atoms with E-state index in [1.807, 2.05) is 0 Å². The van der Waals surface area contributed by atoms with E-state index < -0.39 is 16.4 Å². The molecule has 1 fully saturated rings. The zero-order chi connectivity index (χ0) is 18.4. The molecule has 0 aromatic heterocycles. The molecule has 0 saturated carbocycles. The second kappa shape index (κ2) is 8.68. The van der Waals surface area contributed by atoms with E-state index in [4.69, 9.17) is 0 Å². The van der Waals surface area contributed by atoms with Crippen molar-refractivity contribution in [1.29, 1.82) is 0 Å². The number of carbonyl (C=O) groups excluding carboxylic acids is 1. The van der Waals surface area contributed by atoms with Gasteiger partial charge in [-0.2, -0.15) is 0 Å². The van der Waals surface area contributed by atoms with Gasteiger partial charge in [0.1, 0.15) is 0 Å². The van der Waals surface area contributed by atoms with Gasteiger partial charge < -0.3 is 4.90 Å². The van der Waals surface area contributed by atoms with Gasteiger partial charge in [0, 0.05) is 32.6 Å². The number of aryl methyl sites for hydroxylation is 1. The first-order chi connectivity index (χ1) is 11.8. The topological polar surface area (TPSA) is 69.7 Å². The predicted octanol–water partition coefficient (Wildman–Crippen LogP) is 0.937. The van der Waals surface area contributed by atoms with Crippen molar-refractivity contribution < 1.29 is 22.0 Å². The molecule has 0 aliphatic carbocycles. The number of alkyl halides is 2. The van der Waals surface area contributed by atoms with Gasteiger partial charge in [-0.25, -0.2) is 21.9 Å². The molecule has 9 heteroatoms. The van der Waals surface area contributed by atoms with Crippen LogP contribution in [0.5, 0.6) is 0 Å². The van der Waals surface area contributed by atoms with Crippen molar-refractivity contribution in [3.63, 3.8) is 0 Å². The Balaban J connectivity index is 1.81. The third-order valence-electron chi connectivity index (χ3n) is 4.25. The van der Waals surface area contributed by atoms with Crippen molar-refractivity contribution in [1.82, 2.24) is 14.5 Å². The third kappa shape index (κ3) is 5.72. The molecule has 2 rings (SSSR count). The van der Waals surface area contributed by atoms with E-state index in [2.05, 4.69) is 4.72 Å². The molecule has 1 aromatic carbocycles. The van der Waals surface area contributed by atoms with Gasteiger partial charge in [0.25, 0.3) is 6.43 Å². The predicted molar refractivity (Wildman–Crippen MR) is 90.0 cm³/mol. The number of carbonyl (C=O) groups is 1. The van der Waals surface area contributed by atoms with E-state index in [0.717, 1.165) is 5.56 Å². The smallest absolute Gasteiger partial charge is 0.251 e. The lowest BCUT2D eigenvalue weighted by Crippen LogP contribution is -2.49. The highest BCUT2D eigenvalue weighted by atomic mass is 32.2. The van der Waals surface area contributed by atoms with Gasteiger partial charge in [0.15, 0.2) is 0 Å². The molecule has 25 heavy (non-hydrogen) atoms. The molecular formula is C16H23F2N3O3S. The van der Waals surface area contributed by atoms with Crippen LogP contribution in [-0.4, -0.2) is 70.3 Å². The Labute approximate surface area is 146 Å². The minimum absolute atomic E-state index is 0.0105. The maximum atomic E-state index is 12.3. The maximum Gasteiger partial charge on any atom is 0.251 e. The second-order valence-corrected chi connectivity index (χ2v) is 7.81. The number of halogens is 2. The van der Waals surface area contributed by atoms with Gasteiger partial charge in [-0.1, -0.05) is 12.1 Å². The molecule has 0 spiro atoms. The lowest BCUT2D eigenvalue weighted by atomic mass is 10.1.